The molecule has 2 heterocycles. The van der Waals surface area contributed by atoms with E-state index in [2.05, 4.69) is 9.88 Å². The Hall–Kier alpha value is -1.04. The molecule has 1 aromatic heterocycles. The number of halogens is 1. The van der Waals surface area contributed by atoms with Crippen LogP contribution in [0.15, 0.2) is 30.5 Å². The molecule has 0 amide bonds. The zero-order valence-electron chi connectivity index (χ0n) is 11.0. The van der Waals surface area contributed by atoms with Gasteiger partial charge in [0.2, 0.25) is 0 Å². The van der Waals surface area contributed by atoms with Gasteiger partial charge in [-0.15, -0.1) is 0 Å². The van der Waals surface area contributed by atoms with Crippen molar-refractivity contribution in [2.24, 2.45) is 0 Å². The molecule has 0 saturated carbocycles. The number of rotatable bonds is 4. The van der Waals surface area contributed by atoms with Gasteiger partial charge in [-0.25, -0.2) is 8.42 Å². The molecule has 1 atom stereocenters. The number of nitrogens with zero attached hydrogens (tertiary/aromatic N) is 1. The van der Waals surface area contributed by atoms with Crippen molar-refractivity contribution in [3.63, 3.8) is 0 Å². The normalized spacial score (nSPS) is 21.6. The third kappa shape index (κ3) is 2.85. The monoisotopic (exact) mass is 312 g/mol. The zero-order valence-corrected chi connectivity index (χ0v) is 12.6. The lowest BCUT2D eigenvalue weighted by molar-refractivity contribution is 0.525. The summed E-state index contributed by atoms with van der Waals surface area (Å²) >= 11 is 6.23. The minimum Gasteiger partial charge on any atom is -0.345 e. The Morgan fingerprint density at radius 2 is 2.20 bits per heavy atom. The fraction of sp³-hybridized carbons (Fsp3) is 0.429. The number of hydrogen-bond donors (Lipinski definition) is 1. The lowest BCUT2D eigenvalue weighted by Crippen LogP contribution is -2.32. The van der Waals surface area contributed by atoms with Gasteiger partial charge in [0.15, 0.2) is 9.84 Å². The van der Waals surface area contributed by atoms with Crippen molar-refractivity contribution in [3.05, 3.63) is 35.5 Å². The molecule has 0 spiro atoms. The number of fused-ring (bicyclic) bond motifs is 1. The van der Waals surface area contributed by atoms with Crippen LogP contribution in [0.3, 0.4) is 0 Å². The van der Waals surface area contributed by atoms with E-state index < -0.39 is 9.84 Å². The van der Waals surface area contributed by atoms with Crippen LogP contribution >= 0.6 is 11.6 Å². The van der Waals surface area contributed by atoms with Gasteiger partial charge in [-0.2, -0.15) is 0 Å². The predicted octanol–water partition coefficient (Wildman–Crippen LogP) is 2.07. The molecule has 0 aliphatic carbocycles. The number of hydrogen-bond acceptors (Lipinski definition) is 3. The molecule has 20 heavy (non-hydrogen) atoms. The smallest absolute Gasteiger partial charge is 0.151 e. The Kier molecular flexibility index (Phi) is 3.75. The van der Waals surface area contributed by atoms with Gasteiger partial charge in [0, 0.05) is 30.7 Å². The van der Waals surface area contributed by atoms with E-state index in [0.717, 1.165) is 35.4 Å². The maximum atomic E-state index is 11.4. The summed E-state index contributed by atoms with van der Waals surface area (Å²) in [5.41, 5.74) is 1.04. The number of aromatic nitrogens is 1. The van der Waals surface area contributed by atoms with Crippen LogP contribution in [0.25, 0.3) is 10.9 Å². The summed E-state index contributed by atoms with van der Waals surface area (Å²) in [6.45, 7) is 1.53. The lowest BCUT2D eigenvalue weighted by Gasteiger charge is -2.12. The van der Waals surface area contributed by atoms with Gasteiger partial charge < -0.3 is 9.88 Å². The summed E-state index contributed by atoms with van der Waals surface area (Å²) in [5.74, 6) is 0.573. The quantitative estimate of drug-likeness (QED) is 0.940. The molecule has 108 valence electrons. The maximum Gasteiger partial charge on any atom is 0.151 e. The molecule has 1 unspecified atom stereocenters. The van der Waals surface area contributed by atoms with Gasteiger partial charge in [-0.05, 0) is 18.6 Å². The molecule has 6 heteroatoms. The Morgan fingerprint density at radius 3 is 2.95 bits per heavy atom. The van der Waals surface area contributed by atoms with Crippen LogP contribution in [-0.4, -0.2) is 37.1 Å². The molecule has 2 aromatic rings. The number of para-hydroxylation sites is 1. The van der Waals surface area contributed by atoms with Crippen molar-refractivity contribution in [1.29, 1.82) is 0 Å². The summed E-state index contributed by atoms with van der Waals surface area (Å²) in [4.78, 5) is 0. The molecule has 1 aliphatic heterocycles. The van der Waals surface area contributed by atoms with E-state index in [1.165, 1.54) is 0 Å². The average Bonchev–Trinajstić information content (AvgIpc) is 2.95. The Morgan fingerprint density at radius 1 is 1.35 bits per heavy atom. The topological polar surface area (TPSA) is 51.1 Å². The highest BCUT2D eigenvalue weighted by Gasteiger charge is 2.27. The minimum atomic E-state index is -2.81. The van der Waals surface area contributed by atoms with E-state index >= 15 is 0 Å². The second-order valence-electron chi connectivity index (χ2n) is 5.24. The maximum absolute atomic E-state index is 11.4. The van der Waals surface area contributed by atoms with E-state index in [4.69, 9.17) is 11.6 Å². The lowest BCUT2D eigenvalue weighted by atomic mass is 10.2. The summed E-state index contributed by atoms with van der Waals surface area (Å²) in [6.07, 6.45) is 2.74. The number of nitrogens with one attached hydrogen (secondary N) is 1. The molecule has 1 saturated heterocycles. The van der Waals surface area contributed by atoms with Crippen LogP contribution in [-0.2, 0) is 16.4 Å². The van der Waals surface area contributed by atoms with E-state index in [-0.39, 0.29) is 11.8 Å². The van der Waals surface area contributed by atoms with Crippen LogP contribution in [0.2, 0.25) is 5.02 Å². The first-order valence-corrected chi connectivity index (χ1v) is 8.92. The largest absolute Gasteiger partial charge is 0.345 e. The van der Waals surface area contributed by atoms with Gasteiger partial charge >= 0.3 is 0 Å². The van der Waals surface area contributed by atoms with E-state index in [1.54, 1.807) is 0 Å². The van der Waals surface area contributed by atoms with Gasteiger partial charge in [0.25, 0.3) is 0 Å². The fourth-order valence-electron chi connectivity index (χ4n) is 2.75. The van der Waals surface area contributed by atoms with Crippen molar-refractivity contribution >= 4 is 32.3 Å². The van der Waals surface area contributed by atoms with Gasteiger partial charge in [0.05, 0.1) is 22.0 Å². The molecular weight excluding hydrogens is 296 g/mol. The molecule has 1 N–H and O–H groups in total. The standard InChI is InChI=1S/C14H17ClN2O2S/c15-13-3-1-2-11-4-7-17(14(11)13)8-6-16-12-5-9-20(18,19)10-12/h1-4,7,12,16H,5-6,8-10H2. The van der Waals surface area contributed by atoms with Crippen molar-refractivity contribution < 1.29 is 8.42 Å². The minimum absolute atomic E-state index is 0.0947. The van der Waals surface area contributed by atoms with Crippen molar-refractivity contribution in [2.75, 3.05) is 18.1 Å². The Bertz CT molecular complexity index is 724. The van der Waals surface area contributed by atoms with Crippen LogP contribution in [0.5, 0.6) is 0 Å². The van der Waals surface area contributed by atoms with Crippen molar-refractivity contribution in [3.8, 4) is 0 Å². The molecule has 1 aliphatic rings. The first-order chi connectivity index (χ1) is 9.55. The van der Waals surface area contributed by atoms with Gasteiger partial charge in [-0.1, -0.05) is 23.7 Å². The number of sulfone groups is 1. The molecule has 0 radical (unpaired) electrons. The van der Waals surface area contributed by atoms with E-state index in [0.29, 0.717) is 5.75 Å². The first kappa shape index (κ1) is 13.9. The molecule has 0 bridgehead atoms. The summed E-state index contributed by atoms with van der Waals surface area (Å²) in [7, 11) is -2.81. The molecular formula is C14H17ClN2O2S. The SMILES string of the molecule is O=S1(=O)CCC(NCCn2ccc3cccc(Cl)c32)C1. The van der Waals surface area contributed by atoms with Crippen LogP contribution in [0, 0.1) is 0 Å². The van der Waals surface area contributed by atoms with Crippen LogP contribution in [0.4, 0.5) is 0 Å². The van der Waals surface area contributed by atoms with Crippen LogP contribution in [0.1, 0.15) is 6.42 Å². The summed E-state index contributed by atoms with van der Waals surface area (Å²) in [6, 6.07) is 8.00. The van der Waals surface area contributed by atoms with Crippen molar-refractivity contribution in [1.82, 2.24) is 9.88 Å². The second kappa shape index (κ2) is 5.39. The Balaban J connectivity index is 1.63. The highest BCUT2D eigenvalue weighted by molar-refractivity contribution is 7.91. The van der Waals surface area contributed by atoms with Crippen molar-refractivity contribution in [2.45, 2.75) is 19.0 Å². The average molecular weight is 313 g/mol. The molecule has 4 nitrogen and oxygen atoms in total. The summed E-state index contributed by atoms with van der Waals surface area (Å²) in [5, 5.41) is 5.19. The third-order valence-corrected chi connectivity index (χ3v) is 5.83. The first-order valence-electron chi connectivity index (χ1n) is 6.72. The zero-order chi connectivity index (χ0) is 14.2. The van der Waals surface area contributed by atoms with Gasteiger partial charge in [-0.3, -0.25) is 0 Å². The second-order valence-corrected chi connectivity index (χ2v) is 7.88. The molecule has 3 rings (SSSR count). The van der Waals surface area contributed by atoms with Crippen LogP contribution < -0.4 is 5.32 Å². The highest BCUT2D eigenvalue weighted by atomic mass is 35.5. The predicted molar refractivity (Wildman–Crippen MR) is 82.0 cm³/mol. The van der Waals surface area contributed by atoms with Gasteiger partial charge in [0.1, 0.15) is 0 Å². The highest BCUT2D eigenvalue weighted by Crippen LogP contribution is 2.24. The Labute approximate surface area is 123 Å². The number of benzene rings is 1. The molecule has 1 aromatic carbocycles. The summed E-state index contributed by atoms with van der Waals surface area (Å²) < 4.78 is 24.9. The fourth-order valence-corrected chi connectivity index (χ4v) is 4.74. The van der Waals surface area contributed by atoms with E-state index in [1.807, 2.05) is 30.5 Å². The molecule has 1 fully saturated rings. The van der Waals surface area contributed by atoms with E-state index in [9.17, 15) is 8.42 Å². The third-order valence-electron chi connectivity index (χ3n) is 3.76.